The molecule has 0 spiro atoms. The lowest BCUT2D eigenvalue weighted by atomic mass is 10.1. The summed E-state index contributed by atoms with van der Waals surface area (Å²) >= 11 is 0. The maximum absolute atomic E-state index is 5.00. The number of aromatic nitrogens is 2. The van der Waals surface area contributed by atoms with Crippen molar-refractivity contribution in [2.24, 2.45) is 0 Å². The lowest BCUT2D eigenvalue weighted by molar-refractivity contribution is 0.311. The van der Waals surface area contributed by atoms with Gasteiger partial charge in [-0.1, -0.05) is 12.1 Å². The van der Waals surface area contributed by atoms with E-state index < -0.39 is 0 Å². The Balaban J connectivity index is 0.00000169. The number of fused-ring (bicyclic) bond motifs is 1. The Morgan fingerprint density at radius 2 is 1.50 bits per heavy atom. The molecule has 4 rings (SSSR count). The first-order valence-corrected chi connectivity index (χ1v) is 8.76. The van der Waals surface area contributed by atoms with E-state index in [0.717, 1.165) is 56.6 Å². The second kappa shape index (κ2) is 7.53. The van der Waals surface area contributed by atoms with E-state index in [1.54, 1.807) is 0 Å². The third-order valence-electron chi connectivity index (χ3n) is 5.01. The van der Waals surface area contributed by atoms with Gasteiger partial charge in [-0.3, -0.25) is 0 Å². The molecular formula is C18H26ClN5. The minimum atomic E-state index is 0. The third-order valence-corrected chi connectivity index (χ3v) is 5.01. The molecule has 24 heavy (non-hydrogen) atoms. The second-order valence-corrected chi connectivity index (χ2v) is 6.70. The normalized spacial score (nSPS) is 19.4. The summed E-state index contributed by atoms with van der Waals surface area (Å²) in [5, 5.41) is 1.19. The standard InChI is InChI=1S/C18H25N5.ClH/c1-21-11-13-23(14-12-21)18-19-16-8-4-3-7-15(16)17(20-18)22-9-5-2-6-10-22;/h3-4,7-8H,2,5-6,9-14H2,1H3;1H. The van der Waals surface area contributed by atoms with Gasteiger partial charge in [-0.15, -0.1) is 12.4 Å². The topological polar surface area (TPSA) is 35.5 Å². The Morgan fingerprint density at radius 1 is 0.792 bits per heavy atom. The predicted octanol–water partition coefficient (Wildman–Crippen LogP) is 2.79. The summed E-state index contributed by atoms with van der Waals surface area (Å²) in [5.74, 6) is 2.03. The number of piperazine rings is 1. The molecule has 0 aliphatic carbocycles. The summed E-state index contributed by atoms with van der Waals surface area (Å²) < 4.78 is 0. The molecule has 1 aromatic carbocycles. The average molecular weight is 348 g/mol. The van der Waals surface area contributed by atoms with E-state index in [9.17, 15) is 0 Å². The highest BCUT2D eigenvalue weighted by molar-refractivity contribution is 5.90. The molecule has 6 heteroatoms. The molecule has 130 valence electrons. The summed E-state index contributed by atoms with van der Waals surface area (Å²) in [5.41, 5.74) is 1.07. The van der Waals surface area contributed by atoms with Gasteiger partial charge in [0, 0.05) is 44.7 Å². The fraction of sp³-hybridized carbons (Fsp3) is 0.556. The van der Waals surface area contributed by atoms with Crippen LogP contribution in [-0.2, 0) is 0 Å². The molecule has 0 radical (unpaired) electrons. The van der Waals surface area contributed by atoms with Gasteiger partial charge in [-0.25, -0.2) is 4.98 Å². The molecule has 2 fully saturated rings. The summed E-state index contributed by atoms with van der Waals surface area (Å²) in [7, 11) is 2.18. The fourth-order valence-electron chi connectivity index (χ4n) is 3.54. The molecule has 1 aromatic heterocycles. The number of piperidine rings is 1. The number of para-hydroxylation sites is 1. The minimum absolute atomic E-state index is 0. The van der Waals surface area contributed by atoms with Gasteiger partial charge >= 0.3 is 0 Å². The Kier molecular flexibility index (Phi) is 5.41. The SMILES string of the molecule is CN1CCN(c2nc(N3CCCCC3)c3ccccc3n2)CC1.Cl. The van der Waals surface area contributed by atoms with Crippen LogP contribution in [0.25, 0.3) is 10.9 Å². The van der Waals surface area contributed by atoms with Crippen LogP contribution in [0.3, 0.4) is 0 Å². The smallest absolute Gasteiger partial charge is 0.227 e. The van der Waals surface area contributed by atoms with Crippen LogP contribution in [0.2, 0.25) is 0 Å². The predicted molar refractivity (Wildman–Crippen MR) is 103 cm³/mol. The number of benzene rings is 1. The van der Waals surface area contributed by atoms with Gasteiger partial charge < -0.3 is 14.7 Å². The number of rotatable bonds is 2. The Hall–Kier alpha value is -1.59. The molecule has 0 bridgehead atoms. The quantitative estimate of drug-likeness (QED) is 0.834. The van der Waals surface area contributed by atoms with Crippen LogP contribution in [0.5, 0.6) is 0 Å². The monoisotopic (exact) mass is 347 g/mol. The Bertz CT molecular complexity index is 678. The van der Waals surface area contributed by atoms with Crippen LogP contribution in [0, 0.1) is 0 Å². The van der Waals surface area contributed by atoms with Gasteiger partial charge in [0.05, 0.1) is 5.52 Å². The molecule has 0 N–H and O–H groups in total. The lowest BCUT2D eigenvalue weighted by Crippen LogP contribution is -2.45. The molecule has 2 aliphatic heterocycles. The molecule has 2 aliphatic rings. The Labute approximate surface area is 150 Å². The highest BCUT2D eigenvalue weighted by atomic mass is 35.5. The van der Waals surface area contributed by atoms with Crippen LogP contribution in [0.4, 0.5) is 11.8 Å². The minimum Gasteiger partial charge on any atom is -0.356 e. The number of hydrogen-bond donors (Lipinski definition) is 0. The van der Waals surface area contributed by atoms with Gasteiger partial charge in [-0.05, 0) is 38.4 Å². The highest BCUT2D eigenvalue weighted by Crippen LogP contribution is 2.28. The van der Waals surface area contributed by atoms with E-state index in [1.807, 2.05) is 0 Å². The van der Waals surface area contributed by atoms with Gasteiger partial charge in [0.15, 0.2) is 0 Å². The van der Waals surface area contributed by atoms with Crippen molar-refractivity contribution in [3.63, 3.8) is 0 Å². The lowest BCUT2D eigenvalue weighted by Gasteiger charge is -2.34. The highest BCUT2D eigenvalue weighted by Gasteiger charge is 2.21. The van der Waals surface area contributed by atoms with E-state index in [1.165, 1.54) is 24.6 Å². The summed E-state index contributed by atoms with van der Waals surface area (Å²) in [6.45, 7) is 6.40. The molecule has 0 saturated carbocycles. The van der Waals surface area contributed by atoms with E-state index in [2.05, 4.69) is 46.0 Å². The van der Waals surface area contributed by atoms with Gasteiger partial charge in [0.1, 0.15) is 5.82 Å². The molecule has 0 atom stereocenters. The van der Waals surface area contributed by atoms with Gasteiger partial charge in [0.2, 0.25) is 5.95 Å². The van der Waals surface area contributed by atoms with Crippen molar-refractivity contribution in [2.75, 3.05) is 56.1 Å². The van der Waals surface area contributed by atoms with Crippen molar-refractivity contribution in [3.8, 4) is 0 Å². The van der Waals surface area contributed by atoms with E-state index in [0.29, 0.717) is 0 Å². The number of likely N-dealkylation sites (N-methyl/N-ethyl adjacent to an activating group) is 1. The number of halogens is 1. The van der Waals surface area contributed by atoms with E-state index in [4.69, 9.17) is 9.97 Å². The molecular weight excluding hydrogens is 322 g/mol. The largest absolute Gasteiger partial charge is 0.356 e. The van der Waals surface area contributed by atoms with Gasteiger partial charge in [-0.2, -0.15) is 4.98 Å². The van der Waals surface area contributed by atoms with E-state index >= 15 is 0 Å². The first-order valence-electron chi connectivity index (χ1n) is 8.76. The van der Waals surface area contributed by atoms with Crippen LogP contribution in [-0.4, -0.2) is 61.2 Å². The first kappa shape index (κ1) is 17.2. The molecule has 5 nitrogen and oxygen atoms in total. The third kappa shape index (κ3) is 3.42. The van der Waals surface area contributed by atoms with Crippen molar-refractivity contribution >= 4 is 35.1 Å². The van der Waals surface area contributed by atoms with Crippen LogP contribution >= 0.6 is 12.4 Å². The summed E-state index contributed by atoms with van der Waals surface area (Å²) in [4.78, 5) is 17.0. The number of hydrogen-bond acceptors (Lipinski definition) is 5. The molecule has 0 amide bonds. The Morgan fingerprint density at radius 3 is 2.25 bits per heavy atom. The molecule has 2 aromatic rings. The molecule has 3 heterocycles. The second-order valence-electron chi connectivity index (χ2n) is 6.70. The fourth-order valence-corrected chi connectivity index (χ4v) is 3.54. The molecule has 0 unspecified atom stereocenters. The van der Waals surface area contributed by atoms with Crippen molar-refractivity contribution in [1.29, 1.82) is 0 Å². The maximum Gasteiger partial charge on any atom is 0.227 e. The van der Waals surface area contributed by atoms with Crippen molar-refractivity contribution in [1.82, 2.24) is 14.9 Å². The maximum atomic E-state index is 5.00. The first-order chi connectivity index (χ1) is 11.3. The van der Waals surface area contributed by atoms with E-state index in [-0.39, 0.29) is 12.4 Å². The van der Waals surface area contributed by atoms with Crippen LogP contribution < -0.4 is 9.80 Å². The number of nitrogens with zero attached hydrogens (tertiary/aromatic N) is 5. The van der Waals surface area contributed by atoms with Crippen molar-refractivity contribution < 1.29 is 0 Å². The molecule has 2 saturated heterocycles. The zero-order chi connectivity index (χ0) is 15.6. The number of anilines is 2. The summed E-state index contributed by atoms with van der Waals surface area (Å²) in [6.07, 6.45) is 3.87. The van der Waals surface area contributed by atoms with Crippen molar-refractivity contribution in [3.05, 3.63) is 24.3 Å². The van der Waals surface area contributed by atoms with Gasteiger partial charge in [0.25, 0.3) is 0 Å². The van der Waals surface area contributed by atoms with Crippen LogP contribution in [0.1, 0.15) is 19.3 Å². The summed E-state index contributed by atoms with van der Waals surface area (Å²) in [6, 6.07) is 8.44. The van der Waals surface area contributed by atoms with Crippen LogP contribution in [0.15, 0.2) is 24.3 Å². The average Bonchev–Trinajstić information content (AvgIpc) is 2.62. The zero-order valence-electron chi connectivity index (χ0n) is 14.3. The zero-order valence-corrected chi connectivity index (χ0v) is 15.1. The van der Waals surface area contributed by atoms with Crippen molar-refractivity contribution in [2.45, 2.75) is 19.3 Å².